The predicted molar refractivity (Wildman–Crippen MR) is 127 cm³/mol. The van der Waals surface area contributed by atoms with E-state index in [0.29, 0.717) is 37.3 Å². The number of carbonyl (C=O) groups excluding carboxylic acids is 1. The first-order chi connectivity index (χ1) is 17.8. The summed E-state index contributed by atoms with van der Waals surface area (Å²) in [5.41, 5.74) is -0.865. The highest BCUT2D eigenvalue weighted by Crippen LogP contribution is 2.45. The fraction of sp³-hybridized carbons (Fsp3) is 0.269. The molecule has 0 unspecified atom stereocenters. The SMILES string of the molecule is O=C(N[C@H]1CCOc2ccccc21)c1cnc2c(-c3c(F)ccc(Cl)c3F)c(C(F)F)nn2c1C1CC1. The predicted octanol–water partition coefficient (Wildman–Crippen LogP) is 6.40. The summed E-state index contributed by atoms with van der Waals surface area (Å²) in [6, 6.07) is 8.96. The van der Waals surface area contributed by atoms with Crippen molar-refractivity contribution in [2.45, 2.75) is 37.6 Å². The first-order valence-electron chi connectivity index (χ1n) is 11.7. The number of ether oxygens (including phenoxy) is 1. The molecule has 0 spiro atoms. The molecule has 1 atom stereocenters. The van der Waals surface area contributed by atoms with Crippen molar-refractivity contribution >= 4 is 23.2 Å². The van der Waals surface area contributed by atoms with E-state index >= 15 is 0 Å². The van der Waals surface area contributed by atoms with E-state index in [1.807, 2.05) is 24.3 Å². The van der Waals surface area contributed by atoms with Crippen LogP contribution >= 0.6 is 11.6 Å². The summed E-state index contributed by atoms with van der Waals surface area (Å²) in [6.07, 6.45) is 0.0607. The normalized spacial score (nSPS) is 17.1. The molecule has 6 nitrogen and oxygen atoms in total. The van der Waals surface area contributed by atoms with Crippen LogP contribution in [0, 0.1) is 11.6 Å². The molecule has 1 amide bonds. The molecule has 1 fully saturated rings. The van der Waals surface area contributed by atoms with Gasteiger partial charge in [-0.05, 0) is 31.0 Å². The number of benzene rings is 2. The molecule has 1 N–H and O–H groups in total. The van der Waals surface area contributed by atoms with E-state index in [1.165, 1.54) is 6.20 Å². The second-order valence-electron chi connectivity index (χ2n) is 9.05. The molecule has 2 aromatic heterocycles. The molecule has 0 bridgehead atoms. The average molecular weight is 531 g/mol. The van der Waals surface area contributed by atoms with Gasteiger partial charge in [0, 0.05) is 24.1 Å². The standard InChI is InChI=1S/C26H19ClF4N4O2/c27-15-7-8-16(28)19(21(15)29)20-22(24(30)31)34-35-23(12-5-6-12)14(11-32-25(20)35)26(36)33-17-9-10-37-18-4-2-1-3-13(17)18/h1-4,7-8,11-12,17,24H,5-6,9-10H2,(H,33,36)/t17-/m0/s1. The summed E-state index contributed by atoms with van der Waals surface area (Å²) in [5, 5.41) is 6.59. The number of alkyl halides is 2. The van der Waals surface area contributed by atoms with Gasteiger partial charge < -0.3 is 10.1 Å². The maximum Gasteiger partial charge on any atom is 0.282 e. The zero-order valence-electron chi connectivity index (χ0n) is 19.1. The molecule has 6 rings (SSSR count). The topological polar surface area (TPSA) is 68.5 Å². The lowest BCUT2D eigenvalue weighted by Gasteiger charge is -2.27. The van der Waals surface area contributed by atoms with Crippen LogP contribution in [0.2, 0.25) is 5.02 Å². The summed E-state index contributed by atoms with van der Waals surface area (Å²) in [7, 11) is 0. The number of amides is 1. The van der Waals surface area contributed by atoms with Crippen LogP contribution in [-0.4, -0.2) is 27.1 Å². The number of nitrogens with one attached hydrogen (secondary N) is 1. The van der Waals surface area contributed by atoms with Gasteiger partial charge in [0.05, 0.1) is 40.1 Å². The molecule has 1 aliphatic heterocycles. The van der Waals surface area contributed by atoms with Crippen LogP contribution in [0.25, 0.3) is 16.8 Å². The van der Waals surface area contributed by atoms with E-state index in [0.717, 1.165) is 22.2 Å². The van der Waals surface area contributed by atoms with Crippen molar-refractivity contribution in [3.8, 4) is 16.9 Å². The van der Waals surface area contributed by atoms with Crippen LogP contribution in [0.4, 0.5) is 17.6 Å². The Labute approximate surface area is 213 Å². The molecule has 2 aromatic carbocycles. The molecule has 3 heterocycles. The summed E-state index contributed by atoms with van der Waals surface area (Å²) >= 11 is 5.83. The third-order valence-corrected chi connectivity index (χ3v) is 6.97. The Balaban J connectivity index is 1.49. The van der Waals surface area contributed by atoms with Crippen LogP contribution in [-0.2, 0) is 0 Å². The highest BCUT2D eigenvalue weighted by Gasteiger charge is 2.36. The van der Waals surface area contributed by atoms with E-state index < -0.39 is 45.8 Å². The van der Waals surface area contributed by atoms with Crippen LogP contribution < -0.4 is 10.1 Å². The van der Waals surface area contributed by atoms with E-state index in [1.54, 1.807) is 0 Å². The highest BCUT2D eigenvalue weighted by atomic mass is 35.5. The van der Waals surface area contributed by atoms with E-state index in [9.17, 15) is 22.4 Å². The number of fused-ring (bicyclic) bond motifs is 2. The summed E-state index contributed by atoms with van der Waals surface area (Å²) < 4.78 is 64.6. The summed E-state index contributed by atoms with van der Waals surface area (Å²) in [4.78, 5) is 17.7. The van der Waals surface area contributed by atoms with Crippen LogP contribution in [0.1, 0.15) is 65.0 Å². The average Bonchev–Trinajstić information content (AvgIpc) is 3.66. The third kappa shape index (κ3) is 3.99. The third-order valence-electron chi connectivity index (χ3n) is 6.68. The van der Waals surface area contributed by atoms with Crippen LogP contribution in [0.5, 0.6) is 5.75 Å². The molecular formula is C26H19ClF4N4O2. The van der Waals surface area contributed by atoms with Crippen molar-refractivity contribution in [3.05, 3.63) is 81.8 Å². The molecule has 2 aliphatic rings. The Morgan fingerprint density at radius 2 is 1.89 bits per heavy atom. The number of aromatic nitrogens is 3. The number of hydrogen-bond donors (Lipinski definition) is 1. The lowest BCUT2D eigenvalue weighted by atomic mass is 10.00. The number of nitrogens with zero attached hydrogens (tertiary/aromatic N) is 3. The second kappa shape index (κ2) is 9.02. The lowest BCUT2D eigenvalue weighted by molar-refractivity contribution is 0.0922. The van der Waals surface area contributed by atoms with Gasteiger partial charge in [-0.3, -0.25) is 4.79 Å². The van der Waals surface area contributed by atoms with Gasteiger partial charge in [-0.25, -0.2) is 27.1 Å². The zero-order valence-corrected chi connectivity index (χ0v) is 19.9. The van der Waals surface area contributed by atoms with Crippen LogP contribution in [0.15, 0.2) is 42.6 Å². The van der Waals surface area contributed by atoms with Gasteiger partial charge in [-0.1, -0.05) is 29.8 Å². The van der Waals surface area contributed by atoms with Gasteiger partial charge >= 0.3 is 0 Å². The maximum atomic E-state index is 14.9. The fourth-order valence-electron chi connectivity index (χ4n) is 4.82. The first-order valence-corrected chi connectivity index (χ1v) is 12.1. The van der Waals surface area contributed by atoms with E-state index in [2.05, 4.69) is 15.4 Å². The van der Waals surface area contributed by atoms with Crippen molar-refractivity contribution in [2.75, 3.05) is 6.61 Å². The van der Waals surface area contributed by atoms with Gasteiger partial charge in [0.15, 0.2) is 11.5 Å². The van der Waals surface area contributed by atoms with Crippen molar-refractivity contribution in [2.24, 2.45) is 0 Å². The number of rotatable bonds is 5. The number of halogens is 5. The Kier molecular flexibility index (Phi) is 5.78. The van der Waals surface area contributed by atoms with Gasteiger partial charge in [0.25, 0.3) is 12.3 Å². The van der Waals surface area contributed by atoms with Gasteiger partial charge in [0.1, 0.15) is 17.3 Å². The second-order valence-corrected chi connectivity index (χ2v) is 9.45. The number of carbonyl (C=O) groups is 1. The van der Waals surface area contributed by atoms with Gasteiger partial charge in [-0.2, -0.15) is 5.10 Å². The smallest absolute Gasteiger partial charge is 0.282 e. The van der Waals surface area contributed by atoms with Crippen molar-refractivity contribution in [1.29, 1.82) is 0 Å². The quantitative estimate of drug-likeness (QED) is 0.240. The molecular weight excluding hydrogens is 512 g/mol. The zero-order chi connectivity index (χ0) is 25.8. The molecule has 0 saturated heterocycles. The lowest BCUT2D eigenvalue weighted by Crippen LogP contribution is -2.33. The first kappa shape index (κ1) is 23.7. The van der Waals surface area contributed by atoms with Gasteiger partial charge in [-0.15, -0.1) is 0 Å². The van der Waals surface area contributed by atoms with Gasteiger partial charge in [0.2, 0.25) is 0 Å². The van der Waals surface area contributed by atoms with Crippen LogP contribution in [0.3, 0.4) is 0 Å². The summed E-state index contributed by atoms with van der Waals surface area (Å²) in [6.45, 7) is 0.422. The minimum absolute atomic E-state index is 0.138. The molecule has 4 aromatic rings. The Hall–Kier alpha value is -3.66. The highest BCUT2D eigenvalue weighted by molar-refractivity contribution is 6.31. The van der Waals surface area contributed by atoms with E-state index in [-0.39, 0.29) is 23.2 Å². The Morgan fingerprint density at radius 1 is 1.11 bits per heavy atom. The number of hydrogen-bond acceptors (Lipinski definition) is 4. The minimum atomic E-state index is -3.16. The molecule has 37 heavy (non-hydrogen) atoms. The molecule has 11 heteroatoms. The van der Waals surface area contributed by atoms with Crippen molar-refractivity contribution < 1.29 is 27.1 Å². The van der Waals surface area contributed by atoms with E-state index in [4.69, 9.17) is 16.3 Å². The Morgan fingerprint density at radius 3 is 2.65 bits per heavy atom. The Bertz CT molecular complexity index is 1550. The van der Waals surface area contributed by atoms with Crippen molar-refractivity contribution in [1.82, 2.24) is 19.9 Å². The molecule has 1 saturated carbocycles. The molecule has 1 aliphatic carbocycles. The molecule has 190 valence electrons. The maximum absolute atomic E-state index is 14.9. The van der Waals surface area contributed by atoms with Crippen molar-refractivity contribution in [3.63, 3.8) is 0 Å². The summed E-state index contributed by atoms with van der Waals surface area (Å²) in [5.74, 6) is -2.17. The largest absolute Gasteiger partial charge is 0.493 e. The minimum Gasteiger partial charge on any atom is -0.493 e. The fourth-order valence-corrected chi connectivity index (χ4v) is 4.98. The monoisotopic (exact) mass is 530 g/mol. The molecule has 0 radical (unpaired) electrons. The number of para-hydroxylation sites is 1.